The fraction of sp³-hybridized carbons (Fsp3) is 0.538. The Kier molecular flexibility index (Phi) is 4.87. The maximum absolute atomic E-state index is 13.3. The number of rotatable bonds is 5. The van der Waals surface area contributed by atoms with Crippen LogP contribution in [0.3, 0.4) is 0 Å². The second-order valence-corrected chi connectivity index (χ2v) is 4.38. The van der Waals surface area contributed by atoms with Gasteiger partial charge in [-0.05, 0) is 18.4 Å². The third-order valence-electron chi connectivity index (χ3n) is 2.81. The predicted molar refractivity (Wildman–Crippen MR) is 62.1 cm³/mol. The summed E-state index contributed by atoms with van der Waals surface area (Å²) in [6.45, 7) is 6.80. The molecule has 1 rings (SSSR count). The Morgan fingerprint density at radius 1 is 1.25 bits per heavy atom. The molecule has 0 saturated carbocycles. The van der Waals surface area contributed by atoms with Gasteiger partial charge in [-0.15, -0.1) is 0 Å². The van der Waals surface area contributed by atoms with Gasteiger partial charge in [-0.3, -0.25) is 0 Å². The SMILES string of the molecule is CCC(NCc1ccc(F)cc1F)C(C)C. The van der Waals surface area contributed by atoms with Crippen molar-refractivity contribution in [3.63, 3.8) is 0 Å². The van der Waals surface area contributed by atoms with Crippen molar-refractivity contribution in [1.82, 2.24) is 5.32 Å². The van der Waals surface area contributed by atoms with Crippen molar-refractivity contribution in [2.45, 2.75) is 39.8 Å². The molecular weight excluding hydrogens is 208 g/mol. The van der Waals surface area contributed by atoms with Gasteiger partial charge in [0.2, 0.25) is 0 Å². The maximum Gasteiger partial charge on any atom is 0.130 e. The molecule has 0 bridgehead atoms. The fourth-order valence-corrected chi connectivity index (χ4v) is 1.76. The van der Waals surface area contributed by atoms with Gasteiger partial charge in [0.05, 0.1) is 0 Å². The Bertz CT molecular complexity index is 337. The van der Waals surface area contributed by atoms with E-state index in [4.69, 9.17) is 0 Å². The molecule has 0 radical (unpaired) electrons. The molecule has 0 aliphatic rings. The zero-order chi connectivity index (χ0) is 12.1. The highest BCUT2D eigenvalue weighted by atomic mass is 19.1. The first-order valence-electron chi connectivity index (χ1n) is 5.72. The molecule has 0 heterocycles. The second kappa shape index (κ2) is 5.94. The molecule has 0 saturated heterocycles. The lowest BCUT2D eigenvalue weighted by molar-refractivity contribution is 0.384. The van der Waals surface area contributed by atoms with Crippen LogP contribution in [0.5, 0.6) is 0 Å². The Labute approximate surface area is 95.9 Å². The minimum absolute atomic E-state index is 0.365. The molecule has 0 amide bonds. The summed E-state index contributed by atoms with van der Waals surface area (Å²) in [5.74, 6) is -0.503. The van der Waals surface area contributed by atoms with Crippen LogP contribution in [0.25, 0.3) is 0 Å². The second-order valence-electron chi connectivity index (χ2n) is 4.38. The molecule has 1 aromatic carbocycles. The van der Waals surface area contributed by atoms with Crippen LogP contribution in [0.15, 0.2) is 18.2 Å². The summed E-state index contributed by atoms with van der Waals surface area (Å²) >= 11 is 0. The van der Waals surface area contributed by atoms with Crippen molar-refractivity contribution in [3.05, 3.63) is 35.4 Å². The number of benzene rings is 1. The van der Waals surface area contributed by atoms with E-state index >= 15 is 0 Å². The Hall–Kier alpha value is -0.960. The van der Waals surface area contributed by atoms with Crippen molar-refractivity contribution >= 4 is 0 Å². The highest BCUT2D eigenvalue weighted by Gasteiger charge is 2.11. The Morgan fingerprint density at radius 3 is 2.44 bits per heavy atom. The molecule has 16 heavy (non-hydrogen) atoms. The highest BCUT2D eigenvalue weighted by molar-refractivity contribution is 5.18. The standard InChI is InChI=1S/C13H19F2N/c1-4-13(9(2)3)16-8-10-5-6-11(14)7-12(10)15/h5-7,9,13,16H,4,8H2,1-3H3. The summed E-state index contributed by atoms with van der Waals surface area (Å²) in [7, 11) is 0. The molecule has 1 aromatic rings. The molecule has 1 nitrogen and oxygen atoms in total. The smallest absolute Gasteiger partial charge is 0.130 e. The number of halogens is 2. The van der Waals surface area contributed by atoms with Crippen LogP contribution >= 0.6 is 0 Å². The van der Waals surface area contributed by atoms with Crippen LogP contribution in [0.2, 0.25) is 0 Å². The van der Waals surface area contributed by atoms with Crippen LogP contribution in [0.1, 0.15) is 32.8 Å². The van der Waals surface area contributed by atoms with Gasteiger partial charge in [0.15, 0.2) is 0 Å². The lowest BCUT2D eigenvalue weighted by atomic mass is 10.0. The summed E-state index contributed by atoms with van der Waals surface area (Å²) in [5.41, 5.74) is 0.514. The molecule has 1 atom stereocenters. The molecule has 0 aliphatic heterocycles. The van der Waals surface area contributed by atoms with Gasteiger partial charge in [0.25, 0.3) is 0 Å². The van der Waals surface area contributed by atoms with Crippen molar-refractivity contribution in [3.8, 4) is 0 Å². The molecule has 90 valence electrons. The maximum atomic E-state index is 13.3. The van der Waals surface area contributed by atoms with E-state index in [-0.39, 0.29) is 0 Å². The third-order valence-corrected chi connectivity index (χ3v) is 2.81. The Balaban J connectivity index is 2.60. The van der Waals surface area contributed by atoms with E-state index in [1.54, 1.807) is 0 Å². The zero-order valence-corrected chi connectivity index (χ0v) is 10.1. The van der Waals surface area contributed by atoms with Crippen LogP contribution in [0.4, 0.5) is 8.78 Å². The first-order valence-corrected chi connectivity index (χ1v) is 5.72. The minimum atomic E-state index is -0.530. The molecule has 0 spiro atoms. The molecule has 1 unspecified atom stereocenters. The van der Waals surface area contributed by atoms with Crippen molar-refractivity contribution in [1.29, 1.82) is 0 Å². The van der Waals surface area contributed by atoms with Gasteiger partial charge in [-0.2, -0.15) is 0 Å². The van der Waals surface area contributed by atoms with Gasteiger partial charge < -0.3 is 5.32 Å². The van der Waals surface area contributed by atoms with Gasteiger partial charge in [-0.1, -0.05) is 26.8 Å². The van der Waals surface area contributed by atoms with Crippen LogP contribution in [-0.2, 0) is 6.54 Å². The summed E-state index contributed by atoms with van der Waals surface area (Å²) in [6, 6.07) is 4.07. The summed E-state index contributed by atoms with van der Waals surface area (Å²) in [4.78, 5) is 0. The van der Waals surface area contributed by atoms with Crippen LogP contribution in [0, 0.1) is 17.6 Å². The molecular formula is C13H19F2N. The normalized spacial score (nSPS) is 13.1. The van der Waals surface area contributed by atoms with Crippen LogP contribution in [-0.4, -0.2) is 6.04 Å². The van der Waals surface area contributed by atoms with Crippen molar-refractivity contribution < 1.29 is 8.78 Å². The number of hydrogen-bond acceptors (Lipinski definition) is 1. The first kappa shape index (κ1) is 13.1. The summed E-state index contributed by atoms with van der Waals surface area (Å²) in [6.07, 6.45) is 1.00. The lowest BCUT2D eigenvalue weighted by Gasteiger charge is -2.20. The summed E-state index contributed by atoms with van der Waals surface area (Å²) in [5, 5.41) is 3.28. The monoisotopic (exact) mass is 227 g/mol. The molecule has 0 fully saturated rings. The van der Waals surface area contributed by atoms with Crippen molar-refractivity contribution in [2.75, 3.05) is 0 Å². The van der Waals surface area contributed by atoms with Gasteiger partial charge in [0.1, 0.15) is 11.6 Å². The van der Waals surface area contributed by atoms with Gasteiger partial charge in [-0.25, -0.2) is 8.78 Å². The summed E-state index contributed by atoms with van der Waals surface area (Å²) < 4.78 is 26.0. The fourth-order valence-electron chi connectivity index (χ4n) is 1.76. The van der Waals surface area contributed by atoms with E-state index < -0.39 is 11.6 Å². The third kappa shape index (κ3) is 3.56. The molecule has 0 aromatic heterocycles. The predicted octanol–water partition coefficient (Wildman–Crippen LogP) is 3.49. The van der Waals surface area contributed by atoms with E-state index in [9.17, 15) is 8.78 Å². The van der Waals surface area contributed by atoms with E-state index in [1.807, 2.05) is 0 Å². The average molecular weight is 227 g/mol. The van der Waals surface area contributed by atoms with Gasteiger partial charge in [0, 0.05) is 24.2 Å². The molecule has 3 heteroatoms. The Morgan fingerprint density at radius 2 is 1.94 bits per heavy atom. The number of nitrogens with one attached hydrogen (secondary N) is 1. The average Bonchev–Trinajstić information content (AvgIpc) is 2.21. The number of hydrogen-bond donors (Lipinski definition) is 1. The topological polar surface area (TPSA) is 12.0 Å². The first-order chi connectivity index (χ1) is 7.54. The largest absolute Gasteiger partial charge is 0.310 e. The van der Waals surface area contributed by atoms with Gasteiger partial charge >= 0.3 is 0 Å². The van der Waals surface area contributed by atoms with E-state index in [1.165, 1.54) is 12.1 Å². The van der Waals surface area contributed by atoms with E-state index in [2.05, 4.69) is 26.1 Å². The molecule has 1 N–H and O–H groups in total. The lowest BCUT2D eigenvalue weighted by Crippen LogP contribution is -2.32. The van der Waals surface area contributed by atoms with Crippen LogP contribution < -0.4 is 5.32 Å². The van der Waals surface area contributed by atoms with Crippen molar-refractivity contribution in [2.24, 2.45) is 5.92 Å². The zero-order valence-electron chi connectivity index (χ0n) is 10.1. The van der Waals surface area contributed by atoms with E-state index in [0.29, 0.717) is 24.1 Å². The molecule has 0 aliphatic carbocycles. The highest BCUT2D eigenvalue weighted by Crippen LogP contribution is 2.11. The minimum Gasteiger partial charge on any atom is -0.310 e. The van der Waals surface area contributed by atoms with E-state index in [0.717, 1.165) is 12.5 Å². The quantitative estimate of drug-likeness (QED) is 0.812.